The number of hydrogen-bond acceptors (Lipinski definition) is 6. The van der Waals surface area contributed by atoms with Crippen LogP contribution in [0.4, 0.5) is 10.8 Å². The molecule has 1 fully saturated rings. The van der Waals surface area contributed by atoms with E-state index >= 15 is 0 Å². The van der Waals surface area contributed by atoms with Crippen molar-refractivity contribution in [2.45, 2.75) is 12.8 Å². The summed E-state index contributed by atoms with van der Waals surface area (Å²) in [6.07, 6.45) is 2.07. The molecule has 25 heavy (non-hydrogen) atoms. The quantitative estimate of drug-likeness (QED) is 0.825. The number of amides is 2. The number of carbonyl (C=O) groups is 2. The number of aromatic nitrogens is 1. The van der Waals surface area contributed by atoms with Crippen molar-refractivity contribution in [1.82, 2.24) is 15.2 Å². The maximum absolute atomic E-state index is 12.1. The van der Waals surface area contributed by atoms with Crippen LogP contribution in [0.1, 0.15) is 23.3 Å². The number of hydrogen-bond donors (Lipinski definition) is 2. The average molecular weight is 360 g/mol. The second-order valence-electron chi connectivity index (χ2n) is 5.67. The molecule has 0 radical (unpaired) electrons. The molecule has 0 atom stereocenters. The Hall–Kier alpha value is -2.61. The number of methoxy groups -OCH3 is 1. The van der Waals surface area contributed by atoms with Crippen LogP contribution in [0, 0.1) is 0 Å². The van der Waals surface area contributed by atoms with Crippen molar-refractivity contribution in [3.8, 4) is 5.75 Å². The van der Waals surface area contributed by atoms with Gasteiger partial charge in [0.2, 0.25) is 5.91 Å². The Morgan fingerprint density at radius 1 is 1.32 bits per heavy atom. The van der Waals surface area contributed by atoms with E-state index in [1.54, 1.807) is 17.4 Å². The maximum Gasteiger partial charge on any atom is 0.271 e. The van der Waals surface area contributed by atoms with Gasteiger partial charge in [-0.2, -0.15) is 0 Å². The van der Waals surface area contributed by atoms with E-state index in [9.17, 15) is 9.59 Å². The van der Waals surface area contributed by atoms with Crippen molar-refractivity contribution < 1.29 is 14.3 Å². The molecule has 1 aromatic carbocycles. The minimum Gasteiger partial charge on any atom is -0.497 e. The molecule has 1 aliphatic heterocycles. The Kier molecular flexibility index (Phi) is 5.49. The van der Waals surface area contributed by atoms with Crippen LogP contribution in [0.2, 0.25) is 0 Å². The van der Waals surface area contributed by atoms with Crippen molar-refractivity contribution in [2.75, 3.05) is 32.1 Å². The third-order valence-corrected chi connectivity index (χ3v) is 4.67. The number of ether oxygens (including phenoxy) is 1. The van der Waals surface area contributed by atoms with Gasteiger partial charge in [-0.1, -0.05) is 6.07 Å². The highest BCUT2D eigenvalue weighted by atomic mass is 32.1. The summed E-state index contributed by atoms with van der Waals surface area (Å²) >= 11 is 1.33. The second kappa shape index (κ2) is 7.98. The first-order valence-electron chi connectivity index (χ1n) is 8.08. The summed E-state index contributed by atoms with van der Waals surface area (Å²) < 4.78 is 5.18. The van der Waals surface area contributed by atoms with E-state index in [-0.39, 0.29) is 18.4 Å². The predicted molar refractivity (Wildman–Crippen MR) is 96.5 cm³/mol. The zero-order valence-corrected chi connectivity index (χ0v) is 14.8. The monoisotopic (exact) mass is 360 g/mol. The summed E-state index contributed by atoms with van der Waals surface area (Å²) in [5, 5.41) is 8.04. The molecular formula is C17H20N4O3S. The van der Waals surface area contributed by atoms with E-state index in [0.29, 0.717) is 10.8 Å². The Morgan fingerprint density at radius 3 is 2.88 bits per heavy atom. The standard InChI is InChI=1S/C17H20N4O3S/c1-24-13-6-4-5-12(9-13)19-17-20-14(11-25-17)16(23)18-10-15(22)21-7-2-3-8-21/h4-6,9,11H,2-3,7-8,10H2,1H3,(H,18,23)(H,19,20). The number of thiazole rings is 1. The Morgan fingerprint density at radius 2 is 2.12 bits per heavy atom. The van der Waals surface area contributed by atoms with E-state index in [1.165, 1.54) is 11.3 Å². The van der Waals surface area contributed by atoms with Crippen molar-refractivity contribution in [3.63, 3.8) is 0 Å². The van der Waals surface area contributed by atoms with Crippen LogP contribution < -0.4 is 15.4 Å². The van der Waals surface area contributed by atoms with Gasteiger partial charge in [0.15, 0.2) is 5.13 Å². The molecule has 7 nitrogen and oxygen atoms in total. The van der Waals surface area contributed by atoms with Gasteiger partial charge in [0.1, 0.15) is 11.4 Å². The van der Waals surface area contributed by atoms with Crippen molar-refractivity contribution in [3.05, 3.63) is 35.3 Å². The second-order valence-corrected chi connectivity index (χ2v) is 6.52. The molecule has 0 aliphatic carbocycles. The number of likely N-dealkylation sites (tertiary alicyclic amines) is 1. The SMILES string of the molecule is COc1cccc(Nc2nc(C(=O)NCC(=O)N3CCCC3)cs2)c1. The van der Waals surface area contributed by atoms with Gasteiger partial charge in [0.05, 0.1) is 13.7 Å². The van der Waals surface area contributed by atoms with Gasteiger partial charge in [0.25, 0.3) is 5.91 Å². The zero-order chi connectivity index (χ0) is 17.6. The van der Waals surface area contributed by atoms with Crippen LogP contribution >= 0.6 is 11.3 Å². The third kappa shape index (κ3) is 4.48. The molecule has 0 bridgehead atoms. The lowest BCUT2D eigenvalue weighted by molar-refractivity contribution is -0.129. The lowest BCUT2D eigenvalue weighted by Crippen LogP contribution is -2.38. The molecule has 0 unspecified atom stereocenters. The Balaban J connectivity index is 1.54. The summed E-state index contributed by atoms with van der Waals surface area (Å²) in [5.41, 5.74) is 1.12. The van der Waals surface area contributed by atoms with Gasteiger partial charge in [0, 0.05) is 30.2 Å². The van der Waals surface area contributed by atoms with Crippen molar-refractivity contribution >= 4 is 34.0 Å². The van der Waals surface area contributed by atoms with Crippen LogP contribution in [-0.2, 0) is 4.79 Å². The predicted octanol–water partition coefficient (Wildman–Crippen LogP) is 2.25. The zero-order valence-electron chi connectivity index (χ0n) is 13.9. The van der Waals surface area contributed by atoms with E-state index in [4.69, 9.17) is 4.74 Å². The highest BCUT2D eigenvalue weighted by Crippen LogP contribution is 2.23. The number of nitrogens with zero attached hydrogens (tertiary/aromatic N) is 2. The molecule has 2 aromatic rings. The number of rotatable bonds is 6. The summed E-state index contributed by atoms with van der Waals surface area (Å²) in [5.74, 6) is 0.346. The molecule has 0 spiro atoms. The summed E-state index contributed by atoms with van der Waals surface area (Å²) in [6, 6.07) is 7.45. The van der Waals surface area contributed by atoms with Gasteiger partial charge < -0.3 is 20.3 Å². The first kappa shape index (κ1) is 17.2. The third-order valence-electron chi connectivity index (χ3n) is 3.92. The van der Waals surface area contributed by atoms with Crippen LogP contribution in [0.15, 0.2) is 29.6 Å². The fraction of sp³-hybridized carbons (Fsp3) is 0.353. The fourth-order valence-corrected chi connectivity index (χ4v) is 3.30. The van der Waals surface area contributed by atoms with Crippen molar-refractivity contribution in [2.24, 2.45) is 0 Å². The van der Waals surface area contributed by atoms with Crippen LogP contribution in [0.25, 0.3) is 0 Å². The van der Waals surface area contributed by atoms with Crippen LogP contribution in [0.5, 0.6) is 5.75 Å². The molecule has 0 saturated carbocycles. The highest BCUT2D eigenvalue weighted by Gasteiger charge is 2.19. The molecule has 132 valence electrons. The molecule has 1 saturated heterocycles. The van der Waals surface area contributed by atoms with Crippen LogP contribution in [0.3, 0.4) is 0 Å². The van der Waals surface area contributed by atoms with E-state index in [1.807, 2.05) is 24.3 Å². The van der Waals surface area contributed by atoms with Gasteiger partial charge in [-0.15, -0.1) is 11.3 Å². The fourth-order valence-electron chi connectivity index (χ4n) is 2.58. The minimum absolute atomic E-state index is 0.00893. The first-order chi connectivity index (χ1) is 12.2. The average Bonchev–Trinajstić information content (AvgIpc) is 3.31. The maximum atomic E-state index is 12.1. The molecule has 2 N–H and O–H groups in total. The number of benzene rings is 1. The highest BCUT2D eigenvalue weighted by molar-refractivity contribution is 7.14. The van der Waals surface area contributed by atoms with E-state index in [2.05, 4.69) is 15.6 Å². The molecule has 2 heterocycles. The normalized spacial score (nSPS) is 13.6. The lowest BCUT2D eigenvalue weighted by Gasteiger charge is -2.15. The largest absolute Gasteiger partial charge is 0.497 e. The van der Waals surface area contributed by atoms with Gasteiger partial charge in [-0.05, 0) is 25.0 Å². The molecule has 8 heteroatoms. The Bertz CT molecular complexity index is 756. The molecule has 3 rings (SSSR count). The number of nitrogens with one attached hydrogen (secondary N) is 2. The molecule has 1 aromatic heterocycles. The summed E-state index contributed by atoms with van der Waals surface area (Å²) in [6.45, 7) is 1.56. The van der Waals surface area contributed by atoms with Gasteiger partial charge in [-0.25, -0.2) is 4.98 Å². The lowest BCUT2D eigenvalue weighted by atomic mass is 10.3. The van der Waals surface area contributed by atoms with Crippen molar-refractivity contribution in [1.29, 1.82) is 0 Å². The van der Waals surface area contributed by atoms with E-state index < -0.39 is 0 Å². The van der Waals surface area contributed by atoms with E-state index in [0.717, 1.165) is 37.4 Å². The molecule has 2 amide bonds. The summed E-state index contributed by atoms with van der Waals surface area (Å²) in [7, 11) is 1.61. The van der Waals surface area contributed by atoms with Crippen LogP contribution in [-0.4, -0.2) is 48.4 Å². The van der Waals surface area contributed by atoms with Gasteiger partial charge in [-0.3, -0.25) is 9.59 Å². The minimum atomic E-state index is -0.345. The number of anilines is 2. The summed E-state index contributed by atoms with van der Waals surface area (Å²) in [4.78, 5) is 30.1. The first-order valence-corrected chi connectivity index (χ1v) is 8.96. The van der Waals surface area contributed by atoms with Gasteiger partial charge >= 0.3 is 0 Å². The molecular weight excluding hydrogens is 340 g/mol. The Labute approximate surface area is 150 Å². The smallest absolute Gasteiger partial charge is 0.271 e. The number of carbonyl (C=O) groups excluding carboxylic acids is 2. The molecule has 1 aliphatic rings. The topological polar surface area (TPSA) is 83.6 Å².